The Kier molecular flexibility index (Phi) is 2.74. The first-order valence-electron chi connectivity index (χ1n) is 3.56. The molecular formula is C9H8FNO2. The first kappa shape index (κ1) is 9.38. The monoisotopic (exact) mass is 181 g/mol. The summed E-state index contributed by atoms with van der Waals surface area (Å²) < 4.78 is 17.9. The number of ether oxygens (including phenoxy) is 1. The Bertz CT molecular complexity index is 350. The molecule has 0 atom stereocenters. The van der Waals surface area contributed by atoms with E-state index in [0.29, 0.717) is 11.3 Å². The van der Waals surface area contributed by atoms with Gasteiger partial charge in [-0.2, -0.15) is 0 Å². The predicted molar refractivity (Wildman–Crippen MR) is 48.5 cm³/mol. The number of halogens is 1. The third-order valence-electron chi connectivity index (χ3n) is 1.62. The molecule has 0 aliphatic heterocycles. The fourth-order valence-corrected chi connectivity index (χ4v) is 0.964. The summed E-state index contributed by atoms with van der Waals surface area (Å²) in [5.74, 6) is -0.295. The molecule has 0 saturated carbocycles. The largest absolute Gasteiger partial charge is 0.496 e. The average molecular weight is 181 g/mol. The van der Waals surface area contributed by atoms with E-state index in [9.17, 15) is 9.30 Å². The van der Waals surface area contributed by atoms with Crippen LogP contribution >= 0.6 is 0 Å². The fourth-order valence-electron chi connectivity index (χ4n) is 0.964. The third-order valence-corrected chi connectivity index (χ3v) is 1.62. The second-order valence-electron chi connectivity index (χ2n) is 2.34. The van der Waals surface area contributed by atoms with Crippen LogP contribution in [0.15, 0.2) is 23.9 Å². The summed E-state index contributed by atoms with van der Waals surface area (Å²) in [7, 11) is 1.43. The third kappa shape index (κ3) is 1.72. The molecule has 1 aromatic carbocycles. The zero-order valence-corrected chi connectivity index (χ0v) is 7.08. The number of methoxy groups -OCH3 is 1. The quantitative estimate of drug-likeness (QED) is 0.672. The van der Waals surface area contributed by atoms with Crippen molar-refractivity contribution in [2.24, 2.45) is 5.18 Å². The lowest BCUT2D eigenvalue weighted by Gasteiger charge is -2.04. The molecule has 0 saturated heterocycles. The number of nitroso groups, excluding NO2 is 1. The normalized spacial score (nSPS) is 9.38. The lowest BCUT2D eigenvalue weighted by atomic mass is 10.1. The minimum absolute atomic E-state index is 0.262. The van der Waals surface area contributed by atoms with Crippen LogP contribution in [0.25, 0.3) is 6.08 Å². The van der Waals surface area contributed by atoms with Crippen molar-refractivity contribution in [3.8, 4) is 5.75 Å². The van der Waals surface area contributed by atoms with E-state index in [1.165, 1.54) is 19.3 Å². The van der Waals surface area contributed by atoms with E-state index in [4.69, 9.17) is 4.74 Å². The van der Waals surface area contributed by atoms with E-state index in [2.05, 4.69) is 11.8 Å². The predicted octanol–water partition coefficient (Wildman–Crippen LogP) is 2.88. The summed E-state index contributed by atoms with van der Waals surface area (Å²) in [4.78, 5) is 10.1. The van der Waals surface area contributed by atoms with Crippen molar-refractivity contribution in [1.29, 1.82) is 0 Å². The molecule has 0 fully saturated rings. The van der Waals surface area contributed by atoms with Crippen molar-refractivity contribution in [2.45, 2.75) is 0 Å². The van der Waals surface area contributed by atoms with E-state index >= 15 is 0 Å². The molecule has 0 amide bonds. The van der Waals surface area contributed by atoms with Gasteiger partial charge >= 0.3 is 0 Å². The molecule has 0 unspecified atom stereocenters. The van der Waals surface area contributed by atoms with Crippen molar-refractivity contribution in [3.63, 3.8) is 0 Å². The summed E-state index contributed by atoms with van der Waals surface area (Å²) in [6, 6.07) is 2.39. The highest BCUT2D eigenvalue weighted by Crippen LogP contribution is 2.28. The molecular weight excluding hydrogens is 173 g/mol. The number of rotatable bonds is 3. The zero-order valence-electron chi connectivity index (χ0n) is 7.08. The van der Waals surface area contributed by atoms with Gasteiger partial charge in [0.2, 0.25) is 0 Å². The number of hydrogen-bond donors (Lipinski definition) is 0. The number of hydrogen-bond acceptors (Lipinski definition) is 3. The summed E-state index contributed by atoms with van der Waals surface area (Å²) in [6.45, 7) is 3.48. The smallest absolute Gasteiger partial charge is 0.153 e. The molecule has 0 aliphatic carbocycles. The summed E-state index contributed by atoms with van der Waals surface area (Å²) in [6.07, 6.45) is 1.44. The van der Waals surface area contributed by atoms with Gasteiger partial charge in [0.15, 0.2) is 5.82 Å². The van der Waals surface area contributed by atoms with Gasteiger partial charge in [0, 0.05) is 11.6 Å². The van der Waals surface area contributed by atoms with Crippen molar-refractivity contribution in [3.05, 3.63) is 35.0 Å². The van der Waals surface area contributed by atoms with E-state index in [0.717, 1.165) is 6.07 Å². The average Bonchev–Trinajstić information content (AvgIpc) is 2.17. The van der Waals surface area contributed by atoms with Crippen LogP contribution in [0.5, 0.6) is 5.75 Å². The molecule has 0 spiro atoms. The first-order chi connectivity index (χ1) is 6.22. The van der Waals surface area contributed by atoms with Crippen LogP contribution in [0.4, 0.5) is 10.1 Å². The van der Waals surface area contributed by atoms with Crippen LogP contribution in [-0.2, 0) is 0 Å². The lowest BCUT2D eigenvalue weighted by molar-refractivity contribution is 0.413. The molecule has 3 nitrogen and oxygen atoms in total. The summed E-state index contributed by atoms with van der Waals surface area (Å²) >= 11 is 0. The van der Waals surface area contributed by atoms with Gasteiger partial charge in [-0.3, -0.25) is 0 Å². The van der Waals surface area contributed by atoms with Crippen molar-refractivity contribution < 1.29 is 9.13 Å². The Labute approximate surface area is 74.8 Å². The molecule has 0 bridgehead atoms. The molecule has 1 aromatic rings. The maximum Gasteiger partial charge on any atom is 0.153 e. The Morgan fingerprint density at radius 3 is 2.77 bits per heavy atom. The van der Waals surface area contributed by atoms with Crippen LogP contribution in [0, 0.1) is 10.7 Å². The van der Waals surface area contributed by atoms with Crippen molar-refractivity contribution in [1.82, 2.24) is 0 Å². The number of nitrogens with zero attached hydrogens (tertiary/aromatic N) is 1. The summed E-state index contributed by atoms with van der Waals surface area (Å²) in [5.41, 5.74) is 0.231. The van der Waals surface area contributed by atoms with Crippen LogP contribution < -0.4 is 4.74 Å². The second-order valence-corrected chi connectivity index (χ2v) is 2.34. The summed E-state index contributed by atoms with van der Waals surface area (Å²) in [5, 5.41) is 2.51. The SMILES string of the molecule is C=Cc1cc(F)c(N=O)cc1OC. The molecule has 0 radical (unpaired) electrons. The van der Waals surface area contributed by atoms with Gasteiger partial charge in [-0.05, 0) is 11.2 Å². The van der Waals surface area contributed by atoms with Gasteiger partial charge in [0.1, 0.15) is 11.4 Å². The molecule has 68 valence electrons. The highest BCUT2D eigenvalue weighted by molar-refractivity contribution is 5.60. The molecule has 1 rings (SSSR count). The Balaban J connectivity index is 3.34. The van der Waals surface area contributed by atoms with Crippen LogP contribution in [-0.4, -0.2) is 7.11 Å². The van der Waals surface area contributed by atoms with Crippen LogP contribution in [0.3, 0.4) is 0 Å². The Morgan fingerprint density at radius 1 is 1.62 bits per heavy atom. The van der Waals surface area contributed by atoms with Crippen molar-refractivity contribution >= 4 is 11.8 Å². The van der Waals surface area contributed by atoms with Gasteiger partial charge in [0.25, 0.3) is 0 Å². The molecule has 13 heavy (non-hydrogen) atoms. The minimum Gasteiger partial charge on any atom is -0.496 e. The Morgan fingerprint density at radius 2 is 2.31 bits per heavy atom. The Hall–Kier alpha value is -1.71. The van der Waals surface area contributed by atoms with Gasteiger partial charge in [0.05, 0.1) is 7.11 Å². The van der Waals surface area contributed by atoms with E-state index < -0.39 is 5.82 Å². The van der Waals surface area contributed by atoms with E-state index in [1.807, 2.05) is 0 Å². The molecule has 4 heteroatoms. The van der Waals surface area contributed by atoms with Gasteiger partial charge in [-0.25, -0.2) is 4.39 Å². The standard InChI is InChI=1S/C9H8FNO2/c1-3-6-4-7(10)8(11-12)5-9(6)13-2/h3-5H,1H2,2H3. The van der Waals surface area contributed by atoms with Crippen LogP contribution in [0.2, 0.25) is 0 Å². The van der Waals surface area contributed by atoms with Gasteiger partial charge in [-0.1, -0.05) is 12.7 Å². The van der Waals surface area contributed by atoms with E-state index in [1.54, 1.807) is 0 Å². The minimum atomic E-state index is -0.675. The maximum absolute atomic E-state index is 13.0. The van der Waals surface area contributed by atoms with E-state index in [-0.39, 0.29) is 5.69 Å². The maximum atomic E-state index is 13.0. The topological polar surface area (TPSA) is 38.7 Å². The number of benzene rings is 1. The first-order valence-corrected chi connectivity index (χ1v) is 3.56. The van der Waals surface area contributed by atoms with Gasteiger partial charge < -0.3 is 4.74 Å². The highest BCUT2D eigenvalue weighted by atomic mass is 19.1. The zero-order chi connectivity index (χ0) is 9.84. The fraction of sp³-hybridized carbons (Fsp3) is 0.111. The molecule has 0 aromatic heterocycles. The molecule has 0 N–H and O–H groups in total. The van der Waals surface area contributed by atoms with Gasteiger partial charge in [-0.15, -0.1) is 4.91 Å². The highest BCUT2D eigenvalue weighted by Gasteiger charge is 2.08. The van der Waals surface area contributed by atoms with Crippen molar-refractivity contribution in [2.75, 3.05) is 7.11 Å². The lowest BCUT2D eigenvalue weighted by Crippen LogP contribution is -1.88. The molecule has 0 heterocycles. The molecule has 0 aliphatic rings. The second kappa shape index (κ2) is 3.80. The van der Waals surface area contributed by atoms with Crippen LogP contribution in [0.1, 0.15) is 5.56 Å².